The zero-order chi connectivity index (χ0) is 17.9. The smallest absolute Gasteiger partial charge is 0.336 e. The van der Waals surface area contributed by atoms with Gasteiger partial charge in [-0.15, -0.1) is 0 Å². The number of methoxy groups -OCH3 is 1. The highest BCUT2D eigenvalue weighted by Gasteiger charge is 2.40. The van der Waals surface area contributed by atoms with Gasteiger partial charge >= 0.3 is 5.97 Å². The van der Waals surface area contributed by atoms with E-state index in [1.165, 1.54) is 12.0 Å². The third-order valence-corrected chi connectivity index (χ3v) is 4.39. The highest BCUT2D eigenvalue weighted by atomic mass is 79.9. The molecule has 0 saturated heterocycles. The number of nitrogens with zero attached hydrogens (tertiary/aromatic N) is 1. The quantitative estimate of drug-likeness (QED) is 0.795. The molecule has 1 unspecified atom stereocenters. The predicted molar refractivity (Wildman–Crippen MR) is 93.1 cm³/mol. The molecule has 128 valence electrons. The maximum atomic E-state index is 12.6. The van der Waals surface area contributed by atoms with E-state index in [2.05, 4.69) is 21.2 Å². The number of ether oxygens (including phenoxy) is 1. The molecule has 6 nitrogen and oxygen atoms in total. The number of nitrogens with one attached hydrogen (secondary N) is 1. The largest absolute Gasteiger partial charge is 0.466 e. The number of hydrogen-bond donors (Lipinski definition) is 1. The van der Waals surface area contributed by atoms with Gasteiger partial charge in [0, 0.05) is 28.8 Å². The van der Waals surface area contributed by atoms with Crippen LogP contribution in [0.15, 0.2) is 40.0 Å². The summed E-state index contributed by atoms with van der Waals surface area (Å²) in [5.41, 5.74) is 1.26. The van der Waals surface area contributed by atoms with Gasteiger partial charge < -0.3 is 10.1 Å². The van der Waals surface area contributed by atoms with Crippen LogP contribution in [-0.2, 0) is 19.1 Å². The summed E-state index contributed by atoms with van der Waals surface area (Å²) in [6, 6.07) is 7.16. The number of anilines is 1. The van der Waals surface area contributed by atoms with E-state index < -0.39 is 11.9 Å². The minimum atomic E-state index is -0.836. The van der Waals surface area contributed by atoms with Crippen molar-refractivity contribution in [2.75, 3.05) is 18.6 Å². The Hall–Kier alpha value is -2.15. The highest BCUT2D eigenvalue weighted by molar-refractivity contribution is 9.10. The SMILES string of the molecule is CCNC(=O)C1CC(=O)N(c2ccc(Br)cc2)C(C)=C1C(=O)OC. The van der Waals surface area contributed by atoms with E-state index in [4.69, 9.17) is 4.74 Å². The minimum Gasteiger partial charge on any atom is -0.466 e. The predicted octanol–water partition coefficient (Wildman–Crippen LogP) is 2.39. The second-order valence-electron chi connectivity index (χ2n) is 5.35. The van der Waals surface area contributed by atoms with Crippen molar-refractivity contribution in [3.63, 3.8) is 0 Å². The topological polar surface area (TPSA) is 75.7 Å². The first kappa shape index (κ1) is 18.2. The number of carbonyl (C=O) groups excluding carboxylic acids is 3. The van der Waals surface area contributed by atoms with Crippen LogP contribution in [0.1, 0.15) is 20.3 Å². The maximum Gasteiger partial charge on any atom is 0.336 e. The van der Waals surface area contributed by atoms with Crippen molar-refractivity contribution in [2.24, 2.45) is 5.92 Å². The van der Waals surface area contributed by atoms with Crippen molar-refractivity contribution >= 4 is 39.4 Å². The zero-order valence-electron chi connectivity index (χ0n) is 13.8. The Kier molecular flexibility index (Phi) is 5.77. The number of allylic oxidation sites excluding steroid dienone is 1. The van der Waals surface area contributed by atoms with Crippen LogP contribution in [0.25, 0.3) is 0 Å². The molecule has 0 aliphatic carbocycles. The molecule has 24 heavy (non-hydrogen) atoms. The summed E-state index contributed by atoms with van der Waals surface area (Å²) >= 11 is 3.35. The molecule has 2 amide bonds. The Morgan fingerprint density at radius 3 is 2.50 bits per heavy atom. The molecule has 1 aromatic carbocycles. The number of carbonyl (C=O) groups is 3. The van der Waals surface area contributed by atoms with Gasteiger partial charge in [0.2, 0.25) is 11.8 Å². The van der Waals surface area contributed by atoms with Gasteiger partial charge in [-0.05, 0) is 38.1 Å². The Labute approximate surface area is 149 Å². The Balaban J connectivity index is 2.52. The molecule has 1 aliphatic rings. The Bertz CT molecular complexity index is 697. The van der Waals surface area contributed by atoms with E-state index in [0.717, 1.165) is 4.47 Å². The standard InChI is InChI=1S/C17H19BrN2O4/c1-4-19-16(22)13-9-14(21)20(10(2)15(13)17(23)24-3)12-7-5-11(18)6-8-12/h5-8,13H,4,9H2,1-3H3,(H,19,22). The lowest BCUT2D eigenvalue weighted by Crippen LogP contribution is -2.44. The van der Waals surface area contributed by atoms with Crippen molar-refractivity contribution in [3.8, 4) is 0 Å². The van der Waals surface area contributed by atoms with Gasteiger partial charge in [-0.1, -0.05) is 15.9 Å². The van der Waals surface area contributed by atoms with E-state index in [0.29, 0.717) is 17.9 Å². The lowest BCUT2D eigenvalue weighted by molar-refractivity contribution is -0.139. The van der Waals surface area contributed by atoms with Gasteiger partial charge in [0.1, 0.15) is 0 Å². The van der Waals surface area contributed by atoms with Gasteiger partial charge in [0.25, 0.3) is 0 Å². The number of halogens is 1. The first-order valence-corrected chi connectivity index (χ1v) is 8.35. The summed E-state index contributed by atoms with van der Waals surface area (Å²) in [6.45, 7) is 3.86. The summed E-state index contributed by atoms with van der Waals surface area (Å²) < 4.78 is 5.72. The fourth-order valence-electron chi connectivity index (χ4n) is 2.78. The molecule has 1 aromatic rings. The van der Waals surface area contributed by atoms with Crippen molar-refractivity contribution in [3.05, 3.63) is 40.0 Å². The number of amides is 2. The average molecular weight is 395 g/mol. The molecule has 2 rings (SSSR count). The van der Waals surface area contributed by atoms with E-state index in [1.54, 1.807) is 26.0 Å². The van der Waals surface area contributed by atoms with Crippen LogP contribution in [0.2, 0.25) is 0 Å². The van der Waals surface area contributed by atoms with E-state index in [-0.39, 0.29) is 23.8 Å². The average Bonchev–Trinajstić information content (AvgIpc) is 2.55. The van der Waals surface area contributed by atoms with Gasteiger partial charge in [0.05, 0.1) is 18.6 Å². The molecule has 1 aliphatic heterocycles. The number of hydrogen-bond acceptors (Lipinski definition) is 4. The third-order valence-electron chi connectivity index (χ3n) is 3.86. The summed E-state index contributed by atoms with van der Waals surface area (Å²) in [5.74, 6) is -2.02. The number of esters is 1. The first-order valence-electron chi connectivity index (χ1n) is 7.56. The van der Waals surface area contributed by atoms with Crippen LogP contribution in [0.3, 0.4) is 0 Å². The minimum absolute atomic E-state index is 0.0797. The Morgan fingerprint density at radius 2 is 1.96 bits per heavy atom. The lowest BCUT2D eigenvalue weighted by atomic mass is 9.88. The molecular weight excluding hydrogens is 376 g/mol. The Morgan fingerprint density at radius 1 is 1.33 bits per heavy atom. The molecule has 7 heteroatoms. The van der Waals surface area contributed by atoms with Crippen LogP contribution in [0.4, 0.5) is 5.69 Å². The van der Waals surface area contributed by atoms with Crippen LogP contribution >= 0.6 is 15.9 Å². The highest BCUT2D eigenvalue weighted by Crippen LogP contribution is 2.33. The molecule has 0 bridgehead atoms. The van der Waals surface area contributed by atoms with Gasteiger partial charge in [-0.3, -0.25) is 14.5 Å². The molecular formula is C17H19BrN2O4. The molecule has 0 radical (unpaired) electrons. The molecule has 1 N–H and O–H groups in total. The van der Waals surface area contributed by atoms with Gasteiger partial charge in [-0.25, -0.2) is 4.79 Å². The van der Waals surface area contributed by atoms with Gasteiger partial charge in [-0.2, -0.15) is 0 Å². The van der Waals surface area contributed by atoms with Crippen LogP contribution in [-0.4, -0.2) is 31.4 Å². The lowest BCUT2D eigenvalue weighted by Gasteiger charge is -2.33. The first-order chi connectivity index (χ1) is 11.4. The summed E-state index contributed by atoms with van der Waals surface area (Å²) in [4.78, 5) is 38.6. The van der Waals surface area contributed by atoms with Crippen molar-refractivity contribution < 1.29 is 19.1 Å². The zero-order valence-corrected chi connectivity index (χ0v) is 15.3. The van der Waals surface area contributed by atoms with Crippen LogP contribution in [0.5, 0.6) is 0 Å². The fourth-order valence-corrected chi connectivity index (χ4v) is 3.04. The van der Waals surface area contributed by atoms with E-state index >= 15 is 0 Å². The van der Waals surface area contributed by atoms with Gasteiger partial charge in [0.15, 0.2) is 0 Å². The molecule has 0 aromatic heterocycles. The summed E-state index contributed by atoms with van der Waals surface area (Å²) in [7, 11) is 1.26. The summed E-state index contributed by atoms with van der Waals surface area (Å²) in [5, 5.41) is 2.67. The second kappa shape index (κ2) is 7.61. The number of rotatable bonds is 4. The number of benzene rings is 1. The summed E-state index contributed by atoms with van der Waals surface area (Å²) in [6.07, 6.45) is -0.0797. The normalized spacial score (nSPS) is 17.8. The monoisotopic (exact) mass is 394 g/mol. The van der Waals surface area contributed by atoms with Crippen molar-refractivity contribution in [2.45, 2.75) is 20.3 Å². The molecule has 0 saturated carbocycles. The van der Waals surface area contributed by atoms with Crippen LogP contribution in [0, 0.1) is 5.92 Å². The molecule has 0 fully saturated rings. The maximum absolute atomic E-state index is 12.6. The molecule has 1 atom stereocenters. The van der Waals surface area contributed by atoms with Crippen LogP contribution < -0.4 is 10.2 Å². The van der Waals surface area contributed by atoms with Crippen molar-refractivity contribution in [1.82, 2.24) is 5.32 Å². The van der Waals surface area contributed by atoms with E-state index in [9.17, 15) is 14.4 Å². The van der Waals surface area contributed by atoms with E-state index in [1.807, 2.05) is 12.1 Å². The van der Waals surface area contributed by atoms with Crippen molar-refractivity contribution in [1.29, 1.82) is 0 Å². The third kappa shape index (κ3) is 3.51. The molecule has 1 heterocycles. The second-order valence-corrected chi connectivity index (χ2v) is 6.26. The molecule has 0 spiro atoms. The fraction of sp³-hybridized carbons (Fsp3) is 0.353.